The molecule has 0 aromatic rings. The molecule has 0 aromatic heterocycles. The van der Waals surface area contributed by atoms with Gasteiger partial charge in [-0.25, -0.2) is 0 Å². The van der Waals surface area contributed by atoms with Crippen molar-refractivity contribution in [1.82, 2.24) is 5.32 Å². The van der Waals surface area contributed by atoms with Gasteiger partial charge in [-0.3, -0.25) is 0 Å². The van der Waals surface area contributed by atoms with E-state index in [0.717, 1.165) is 18.9 Å². The first kappa shape index (κ1) is 8.79. The average Bonchev–Trinajstić information content (AvgIpc) is 2.68. The molecule has 1 nitrogen and oxygen atoms in total. The quantitative estimate of drug-likeness (QED) is 0.472. The molecule has 1 aliphatic carbocycles. The summed E-state index contributed by atoms with van der Waals surface area (Å²) in [5, 5.41) is 3.55. The molecule has 0 heterocycles. The second kappa shape index (κ2) is 3.40. The Balaban J connectivity index is 2.16. The molecule has 1 heteroatoms. The average molecular weight is 153 g/mol. The Kier molecular flexibility index (Phi) is 2.72. The Morgan fingerprint density at radius 3 is 2.64 bits per heavy atom. The van der Waals surface area contributed by atoms with Crippen LogP contribution in [0.3, 0.4) is 0 Å². The first-order valence-electron chi connectivity index (χ1n) is 4.53. The number of rotatable bonds is 5. The Morgan fingerprint density at radius 2 is 2.18 bits per heavy atom. The van der Waals surface area contributed by atoms with E-state index in [0.29, 0.717) is 5.54 Å². The predicted octanol–water partition coefficient (Wildman–Crippen LogP) is 2.34. The van der Waals surface area contributed by atoms with Crippen molar-refractivity contribution in [3.63, 3.8) is 0 Å². The number of hydrogen-bond acceptors (Lipinski definition) is 1. The first-order valence-corrected chi connectivity index (χ1v) is 4.53. The van der Waals surface area contributed by atoms with Crippen LogP contribution in [0.5, 0.6) is 0 Å². The van der Waals surface area contributed by atoms with Crippen LogP contribution in [-0.2, 0) is 0 Å². The summed E-state index contributed by atoms with van der Waals surface area (Å²) in [4.78, 5) is 0. The summed E-state index contributed by atoms with van der Waals surface area (Å²) >= 11 is 0. The van der Waals surface area contributed by atoms with Gasteiger partial charge in [-0.05, 0) is 45.6 Å². The molecule has 0 unspecified atom stereocenters. The van der Waals surface area contributed by atoms with Gasteiger partial charge >= 0.3 is 0 Å². The summed E-state index contributed by atoms with van der Waals surface area (Å²) in [7, 11) is 0. The van der Waals surface area contributed by atoms with Crippen LogP contribution in [0.4, 0.5) is 0 Å². The smallest absolute Gasteiger partial charge is 0.0153 e. The fraction of sp³-hybridized carbons (Fsp3) is 0.800. The van der Waals surface area contributed by atoms with Crippen LogP contribution in [0, 0.1) is 5.92 Å². The normalized spacial score (nSPS) is 18.4. The van der Waals surface area contributed by atoms with Gasteiger partial charge in [0, 0.05) is 5.54 Å². The van der Waals surface area contributed by atoms with Crippen molar-refractivity contribution in [2.24, 2.45) is 5.92 Å². The summed E-state index contributed by atoms with van der Waals surface area (Å²) < 4.78 is 0. The minimum Gasteiger partial charge on any atom is -0.311 e. The fourth-order valence-electron chi connectivity index (χ4n) is 1.45. The molecule has 1 N–H and O–H groups in total. The maximum Gasteiger partial charge on any atom is 0.0153 e. The topological polar surface area (TPSA) is 12.0 Å². The highest BCUT2D eigenvalue weighted by Gasteiger charge is 2.36. The Morgan fingerprint density at radius 1 is 1.55 bits per heavy atom. The van der Waals surface area contributed by atoms with Crippen molar-refractivity contribution < 1.29 is 0 Å². The van der Waals surface area contributed by atoms with Gasteiger partial charge in [-0.1, -0.05) is 6.08 Å². The number of nitrogens with one attached hydrogen (secondary N) is 1. The van der Waals surface area contributed by atoms with E-state index in [4.69, 9.17) is 0 Å². The lowest BCUT2D eigenvalue weighted by Gasteiger charge is -2.25. The van der Waals surface area contributed by atoms with Gasteiger partial charge in [0.05, 0.1) is 0 Å². The lowest BCUT2D eigenvalue weighted by Crippen LogP contribution is -2.41. The molecule has 0 amide bonds. The maximum absolute atomic E-state index is 3.70. The van der Waals surface area contributed by atoms with Crippen molar-refractivity contribution in [1.29, 1.82) is 0 Å². The summed E-state index contributed by atoms with van der Waals surface area (Å²) in [6.07, 6.45) is 5.87. The molecular formula is C10H19N. The Bertz CT molecular complexity index is 134. The highest BCUT2D eigenvalue weighted by molar-refractivity contribution is 4.94. The van der Waals surface area contributed by atoms with Crippen LogP contribution in [0.15, 0.2) is 12.7 Å². The standard InChI is InChI=1S/C10H19N/c1-4-5-8-11-10(2,3)9-6-7-9/h4,9,11H,1,5-8H2,2-3H3. The summed E-state index contributed by atoms with van der Waals surface area (Å²) in [6.45, 7) is 9.38. The van der Waals surface area contributed by atoms with E-state index in [9.17, 15) is 0 Å². The second-order valence-electron chi connectivity index (χ2n) is 4.00. The molecule has 0 saturated heterocycles. The third kappa shape index (κ3) is 2.66. The molecule has 0 aliphatic heterocycles. The molecule has 0 spiro atoms. The van der Waals surface area contributed by atoms with Crippen molar-refractivity contribution in [3.8, 4) is 0 Å². The molecule has 0 aromatic carbocycles. The lowest BCUT2D eigenvalue weighted by atomic mass is 9.99. The van der Waals surface area contributed by atoms with Gasteiger partial charge in [-0.15, -0.1) is 6.58 Å². The van der Waals surface area contributed by atoms with Gasteiger partial charge in [0.15, 0.2) is 0 Å². The van der Waals surface area contributed by atoms with Gasteiger partial charge in [0.2, 0.25) is 0 Å². The Labute approximate surface area is 69.9 Å². The highest BCUT2D eigenvalue weighted by Crippen LogP contribution is 2.38. The molecule has 1 saturated carbocycles. The summed E-state index contributed by atoms with van der Waals surface area (Å²) in [5.41, 5.74) is 0.364. The van der Waals surface area contributed by atoms with Gasteiger partial charge in [-0.2, -0.15) is 0 Å². The predicted molar refractivity (Wildman–Crippen MR) is 49.6 cm³/mol. The summed E-state index contributed by atoms with van der Waals surface area (Å²) in [6, 6.07) is 0. The van der Waals surface area contributed by atoms with Gasteiger partial charge in [0.25, 0.3) is 0 Å². The van der Waals surface area contributed by atoms with Crippen molar-refractivity contribution in [2.75, 3.05) is 6.54 Å². The van der Waals surface area contributed by atoms with Crippen molar-refractivity contribution in [2.45, 2.75) is 38.6 Å². The SMILES string of the molecule is C=CCCNC(C)(C)C1CC1. The zero-order valence-electron chi connectivity index (χ0n) is 7.69. The zero-order chi connectivity index (χ0) is 8.32. The molecular weight excluding hydrogens is 134 g/mol. The van der Waals surface area contributed by atoms with Crippen LogP contribution in [0.1, 0.15) is 33.1 Å². The van der Waals surface area contributed by atoms with E-state index >= 15 is 0 Å². The third-order valence-corrected chi connectivity index (χ3v) is 2.53. The third-order valence-electron chi connectivity index (χ3n) is 2.53. The maximum atomic E-state index is 3.70. The van der Waals surface area contributed by atoms with E-state index in [1.54, 1.807) is 0 Å². The first-order chi connectivity index (χ1) is 5.17. The van der Waals surface area contributed by atoms with E-state index < -0.39 is 0 Å². The number of hydrogen-bond donors (Lipinski definition) is 1. The summed E-state index contributed by atoms with van der Waals surface area (Å²) in [5.74, 6) is 0.923. The minimum absolute atomic E-state index is 0.364. The monoisotopic (exact) mass is 153 g/mol. The molecule has 0 radical (unpaired) electrons. The molecule has 1 fully saturated rings. The molecule has 11 heavy (non-hydrogen) atoms. The van der Waals surface area contributed by atoms with Crippen LogP contribution in [0.25, 0.3) is 0 Å². The van der Waals surface area contributed by atoms with Gasteiger partial charge in [0.1, 0.15) is 0 Å². The highest BCUT2D eigenvalue weighted by atomic mass is 15.0. The molecule has 1 rings (SSSR count). The van der Waals surface area contributed by atoms with E-state index in [1.165, 1.54) is 12.8 Å². The molecule has 0 atom stereocenters. The second-order valence-corrected chi connectivity index (χ2v) is 4.00. The lowest BCUT2D eigenvalue weighted by molar-refractivity contribution is 0.345. The zero-order valence-corrected chi connectivity index (χ0v) is 7.69. The fourth-order valence-corrected chi connectivity index (χ4v) is 1.45. The minimum atomic E-state index is 0.364. The van der Waals surface area contributed by atoms with Crippen LogP contribution in [0.2, 0.25) is 0 Å². The molecule has 64 valence electrons. The van der Waals surface area contributed by atoms with Crippen molar-refractivity contribution >= 4 is 0 Å². The largest absolute Gasteiger partial charge is 0.311 e. The Hall–Kier alpha value is -0.300. The molecule has 1 aliphatic rings. The van der Waals surface area contributed by atoms with E-state index in [1.807, 2.05) is 6.08 Å². The van der Waals surface area contributed by atoms with Crippen LogP contribution < -0.4 is 5.32 Å². The van der Waals surface area contributed by atoms with Crippen LogP contribution >= 0.6 is 0 Å². The van der Waals surface area contributed by atoms with Gasteiger partial charge < -0.3 is 5.32 Å². The van der Waals surface area contributed by atoms with E-state index in [-0.39, 0.29) is 0 Å². The van der Waals surface area contributed by atoms with Crippen LogP contribution in [-0.4, -0.2) is 12.1 Å². The molecule has 0 bridgehead atoms. The van der Waals surface area contributed by atoms with E-state index in [2.05, 4.69) is 25.7 Å². The van der Waals surface area contributed by atoms with Crippen molar-refractivity contribution in [3.05, 3.63) is 12.7 Å².